The fourth-order valence-electron chi connectivity index (χ4n) is 2.33. The van der Waals surface area contributed by atoms with E-state index < -0.39 is 0 Å². The van der Waals surface area contributed by atoms with E-state index in [-0.39, 0.29) is 0 Å². The lowest BCUT2D eigenvalue weighted by molar-refractivity contribution is 0.669. The lowest BCUT2D eigenvalue weighted by atomic mass is 10.2. The minimum atomic E-state index is 0.902. The predicted molar refractivity (Wildman–Crippen MR) is 80.5 cm³/mol. The Hall–Kier alpha value is -1.65. The van der Waals surface area contributed by atoms with Gasteiger partial charge in [0.2, 0.25) is 0 Å². The van der Waals surface area contributed by atoms with Gasteiger partial charge in [0.15, 0.2) is 0 Å². The number of para-hydroxylation sites is 1. The fourth-order valence-corrected chi connectivity index (χ4v) is 2.91. The first kappa shape index (κ1) is 12.4. The Morgan fingerprint density at radius 3 is 3.00 bits per heavy atom. The molecule has 3 rings (SSSR count). The smallest absolute Gasteiger partial charge is 0.0794 e. The summed E-state index contributed by atoms with van der Waals surface area (Å²) in [6, 6.07) is 10.8. The molecule has 2 aromatic heterocycles. The summed E-state index contributed by atoms with van der Waals surface area (Å²) in [5.74, 6) is 0. The SMILES string of the molecule is CCNCc1cc2ccccc2n1Cc1cncs1. The topological polar surface area (TPSA) is 29.9 Å². The van der Waals surface area contributed by atoms with Crippen molar-refractivity contribution in [3.8, 4) is 0 Å². The van der Waals surface area contributed by atoms with E-state index >= 15 is 0 Å². The van der Waals surface area contributed by atoms with Crippen LogP contribution in [0.15, 0.2) is 42.0 Å². The molecule has 0 aliphatic rings. The van der Waals surface area contributed by atoms with Crippen LogP contribution in [0.3, 0.4) is 0 Å². The van der Waals surface area contributed by atoms with Crippen molar-refractivity contribution in [3.05, 3.63) is 52.6 Å². The quantitative estimate of drug-likeness (QED) is 0.772. The Bertz CT molecular complexity index is 655. The second-order valence-electron chi connectivity index (χ2n) is 4.53. The molecule has 0 atom stereocenters. The molecule has 0 spiro atoms. The molecule has 0 radical (unpaired) electrons. The first-order valence-corrected chi connectivity index (χ1v) is 7.41. The molecule has 4 heteroatoms. The van der Waals surface area contributed by atoms with Crippen molar-refractivity contribution in [2.45, 2.75) is 20.0 Å². The van der Waals surface area contributed by atoms with Crippen molar-refractivity contribution in [2.75, 3.05) is 6.54 Å². The number of fused-ring (bicyclic) bond motifs is 1. The molecule has 0 fully saturated rings. The van der Waals surface area contributed by atoms with E-state index in [0.717, 1.165) is 19.6 Å². The maximum Gasteiger partial charge on any atom is 0.0794 e. The normalized spacial score (nSPS) is 11.2. The van der Waals surface area contributed by atoms with Crippen LogP contribution >= 0.6 is 11.3 Å². The van der Waals surface area contributed by atoms with Gasteiger partial charge in [-0.3, -0.25) is 4.98 Å². The largest absolute Gasteiger partial charge is 0.338 e. The first-order chi connectivity index (χ1) is 9.38. The number of nitrogens with zero attached hydrogens (tertiary/aromatic N) is 2. The van der Waals surface area contributed by atoms with Crippen molar-refractivity contribution in [1.82, 2.24) is 14.9 Å². The average Bonchev–Trinajstić information content (AvgIpc) is 3.06. The molecule has 0 aliphatic heterocycles. The van der Waals surface area contributed by atoms with Gasteiger partial charge in [-0.15, -0.1) is 11.3 Å². The summed E-state index contributed by atoms with van der Waals surface area (Å²) >= 11 is 1.71. The van der Waals surface area contributed by atoms with Gasteiger partial charge in [-0.25, -0.2) is 0 Å². The van der Waals surface area contributed by atoms with Gasteiger partial charge in [-0.05, 0) is 24.1 Å². The molecule has 0 aliphatic carbocycles. The highest BCUT2D eigenvalue weighted by atomic mass is 32.1. The molecule has 98 valence electrons. The summed E-state index contributed by atoms with van der Waals surface area (Å²) in [5, 5.41) is 4.72. The Balaban J connectivity index is 2.02. The third-order valence-corrected chi connectivity index (χ3v) is 4.01. The van der Waals surface area contributed by atoms with E-state index in [4.69, 9.17) is 0 Å². The highest BCUT2D eigenvalue weighted by Gasteiger charge is 2.09. The van der Waals surface area contributed by atoms with E-state index in [1.165, 1.54) is 21.5 Å². The lowest BCUT2D eigenvalue weighted by Gasteiger charge is -2.09. The van der Waals surface area contributed by atoms with Gasteiger partial charge < -0.3 is 9.88 Å². The molecule has 3 aromatic rings. The number of hydrogen-bond donors (Lipinski definition) is 1. The van der Waals surface area contributed by atoms with Gasteiger partial charge >= 0.3 is 0 Å². The van der Waals surface area contributed by atoms with E-state index in [0.29, 0.717) is 0 Å². The fraction of sp³-hybridized carbons (Fsp3) is 0.267. The summed E-state index contributed by atoms with van der Waals surface area (Å²) in [7, 11) is 0. The van der Waals surface area contributed by atoms with E-state index in [9.17, 15) is 0 Å². The minimum absolute atomic E-state index is 0.902. The van der Waals surface area contributed by atoms with Crippen molar-refractivity contribution in [3.63, 3.8) is 0 Å². The molecule has 0 amide bonds. The van der Waals surface area contributed by atoms with Crippen LogP contribution in [-0.2, 0) is 13.1 Å². The maximum atomic E-state index is 4.16. The zero-order valence-electron chi connectivity index (χ0n) is 11.0. The van der Waals surface area contributed by atoms with Gasteiger partial charge in [-0.2, -0.15) is 0 Å². The van der Waals surface area contributed by atoms with Crippen molar-refractivity contribution >= 4 is 22.2 Å². The first-order valence-electron chi connectivity index (χ1n) is 6.53. The Morgan fingerprint density at radius 2 is 2.21 bits per heavy atom. The van der Waals surface area contributed by atoms with Gasteiger partial charge in [0.25, 0.3) is 0 Å². The molecule has 1 N–H and O–H groups in total. The molecule has 2 heterocycles. The van der Waals surface area contributed by atoms with Crippen LogP contribution in [-0.4, -0.2) is 16.1 Å². The van der Waals surface area contributed by atoms with E-state index in [1.807, 2.05) is 11.7 Å². The van der Waals surface area contributed by atoms with Crippen LogP contribution in [0, 0.1) is 0 Å². The van der Waals surface area contributed by atoms with Crippen molar-refractivity contribution in [2.24, 2.45) is 0 Å². The summed E-state index contributed by atoms with van der Waals surface area (Å²) in [4.78, 5) is 5.46. The monoisotopic (exact) mass is 271 g/mol. The Morgan fingerprint density at radius 1 is 1.32 bits per heavy atom. The molecular weight excluding hydrogens is 254 g/mol. The van der Waals surface area contributed by atoms with Crippen LogP contribution in [0.2, 0.25) is 0 Å². The summed E-state index contributed by atoms with van der Waals surface area (Å²) in [5.41, 5.74) is 4.52. The molecule has 0 saturated carbocycles. The maximum absolute atomic E-state index is 4.16. The highest BCUT2D eigenvalue weighted by Crippen LogP contribution is 2.22. The number of aromatic nitrogens is 2. The van der Waals surface area contributed by atoms with Crippen molar-refractivity contribution < 1.29 is 0 Å². The van der Waals surface area contributed by atoms with E-state index in [2.05, 4.69) is 52.1 Å². The molecule has 1 aromatic carbocycles. The molecule has 3 nitrogen and oxygen atoms in total. The average molecular weight is 271 g/mol. The molecule has 19 heavy (non-hydrogen) atoms. The second-order valence-corrected chi connectivity index (χ2v) is 5.50. The standard InChI is InChI=1S/C15H17N3S/c1-2-16-8-13-7-12-5-3-4-6-15(12)18(13)10-14-9-17-11-19-14/h3-7,9,11,16H,2,8,10H2,1H3. The van der Waals surface area contributed by atoms with Crippen LogP contribution in [0.5, 0.6) is 0 Å². The third-order valence-electron chi connectivity index (χ3n) is 3.25. The zero-order valence-corrected chi connectivity index (χ0v) is 11.8. The molecular formula is C15H17N3S. The van der Waals surface area contributed by atoms with Gasteiger partial charge in [0.05, 0.1) is 12.1 Å². The lowest BCUT2D eigenvalue weighted by Crippen LogP contribution is -2.15. The van der Waals surface area contributed by atoms with Gasteiger partial charge in [0, 0.05) is 28.8 Å². The molecule has 0 bridgehead atoms. The molecule has 0 saturated heterocycles. The van der Waals surface area contributed by atoms with Crippen LogP contribution in [0.25, 0.3) is 10.9 Å². The van der Waals surface area contributed by atoms with Gasteiger partial charge in [0.1, 0.15) is 0 Å². The number of nitrogens with one attached hydrogen (secondary N) is 1. The number of hydrogen-bond acceptors (Lipinski definition) is 3. The van der Waals surface area contributed by atoms with Crippen LogP contribution < -0.4 is 5.32 Å². The number of benzene rings is 1. The predicted octanol–water partition coefficient (Wildman–Crippen LogP) is 3.26. The zero-order chi connectivity index (χ0) is 13.1. The van der Waals surface area contributed by atoms with Crippen molar-refractivity contribution in [1.29, 1.82) is 0 Å². The highest BCUT2D eigenvalue weighted by molar-refractivity contribution is 7.09. The van der Waals surface area contributed by atoms with Gasteiger partial charge in [-0.1, -0.05) is 25.1 Å². The number of rotatable bonds is 5. The molecule has 0 unspecified atom stereocenters. The number of thiazole rings is 1. The Labute approximate surface area is 116 Å². The second kappa shape index (κ2) is 5.55. The third kappa shape index (κ3) is 2.55. The van der Waals surface area contributed by atoms with Crippen LogP contribution in [0.4, 0.5) is 0 Å². The van der Waals surface area contributed by atoms with Crippen LogP contribution in [0.1, 0.15) is 17.5 Å². The van der Waals surface area contributed by atoms with E-state index in [1.54, 1.807) is 11.3 Å². The summed E-state index contributed by atoms with van der Waals surface area (Å²) < 4.78 is 2.38. The minimum Gasteiger partial charge on any atom is -0.338 e. The summed E-state index contributed by atoms with van der Waals surface area (Å²) in [6.07, 6.45) is 1.95. The summed E-state index contributed by atoms with van der Waals surface area (Å²) in [6.45, 7) is 4.93. The Kier molecular flexibility index (Phi) is 3.62.